The molecule has 5 rings (SSSR count). The summed E-state index contributed by atoms with van der Waals surface area (Å²) in [6, 6.07) is 9.85. The Morgan fingerprint density at radius 3 is 2.65 bits per heavy atom. The van der Waals surface area contributed by atoms with E-state index in [1.165, 1.54) is 23.1 Å². The number of nitrogens with one attached hydrogen (secondary N) is 1. The standard InChI is InChI=1S/C22H23F2N5O2.H2/c1-14-4-15(21-10-28(2-3-31-21)20-11-30-12-20)6-18(5-14)26-22-25-13-29(27-22)19-8-16(23)7-17(24)9-19;/h4-9,13,20-21H,2-3,10-12H2,1H3,(H,26,27);1H/t21-;/m1./s1. The van der Waals surface area contributed by atoms with E-state index in [1.54, 1.807) is 0 Å². The Bertz CT molecular complexity index is 1070. The highest BCUT2D eigenvalue weighted by molar-refractivity contribution is 5.56. The van der Waals surface area contributed by atoms with Crippen molar-refractivity contribution in [3.63, 3.8) is 0 Å². The number of nitrogens with zero attached hydrogens (tertiary/aromatic N) is 4. The number of hydrogen-bond acceptors (Lipinski definition) is 6. The maximum absolute atomic E-state index is 13.5. The van der Waals surface area contributed by atoms with E-state index in [-0.39, 0.29) is 13.2 Å². The van der Waals surface area contributed by atoms with Crippen LogP contribution in [0.1, 0.15) is 18.7 Å². The second-order valence-corrected chi connectivity index (χ2v) is 7.94. The van der Waals surface area contributed by atoms with Crippen molar-refractivity contribution >= 4 is 11.6 Å². The summed E-state index contributed by atoms with van der Waals surface area (Å²) >= 11 is 0. The first-order valence-corrected chi connectivity index (χ1v) is 10.2. The molecule has 0 radical (unpaired) electrons. The number of benzene rings is 2. The van der Waals surface area contributed by atoms with Gasteiger partial charge in [0.05, 0.1) is 37.7 Å². The van der Waals surface area contributed by atoms with E-state index in [4.69, 9.17) is 9.47 Å². The van der Waals surface area contributed by atoms with Crippen molar-refractivity contribution in [2.45, 2.75) is 19.1 Å². The minimum atomic E-state index is -0.668. The minimum Gasteiger partial charge on any atom is -0.378 e. The van der Waals surface area contributed by atoms with Crippen molar-refractivity contribution in [2.75, 3.05) is 38.2 Å². The van der Waals surface area contributed by atoms with Crippen LogP contribution in [-0.2, 0) is 9.47 Å². The normalized spacial score (nSPS) is 19.9. The molecular formula is C22H25F2N5O2. The van der Waals surface area contributed by atoms with E-state index < -0.39 is 11.6 Å². The molecule has 2 aromatic carbocycles. The Balaban J connectivity index is 0.00000245. The third-order valence-corrected chi connectivity index (χ3v) is 5.57. The van der Waals surface area contributed by atoms with Crippen LogP contribution in [0.5, 0.6) is 0 Å². The molecule has 9 heteroatoms. The van der Waals surface area contributed by atoms with Crippen LogP contribution in [0.2, 0.25) is 0 Å². The van der Waals surface area contributed by atoms with Crippen LogP contribution in [-0.4, -0.2) is 58.6 Å². The second kappa shape index (κ2) is 8.33. The van der Waals surface area contributed by atoms with Crippen LogP contribution in [0, 0.1) is 18.6 Å². The average molecular weight is 429 g/mol. The first-order chi connectivity index (χ1) is 15.0. The zero-order valence-corrected chi connectivity index (χ0v) is 17.1. The van der Waals surface area contributed by atoms with Gasteiger partial charge in [-0.1, -0.05) is 6.07 Å². The van der Waals surface area contributed by atoms with Gasteiger partial charge in [-0.3, -0.25) is 4.90 Å². The van der Waals surface area contributed by atoms with Gasteiger partial charge in [-0.15, -0.1) is 5.10 Å². The van der Waals surface area contributed by atoms with E-state index >= 15 is 0 Å². The van der Waals surface area contributed by atoms with Crippen molar-refractivity contribution in [3.05, 3.63) is 65.5 Å². The highest BCUT2D eigenvalue weighted by Crippen LogP contribution is 2.29. The molecular weight excluding hydrogens is 404 g/mol. The lowest BCUT2D eigenvalue weighted by Crippen LogP contribution is -2.53. The lowest BCUT2D eigenvalue weighted by molar-refractivity contribution is -0.115. The molecule has 1 atom stereocenters. The molecule has 1 N–H and O–H groups in total. The van der Waals surface area contributed by atoms with Gasteiger partial charge in [0, 0.05) is 26.3 Å². The van der Waals surface area contributed by atoms with E-state index in [0.717, 1.165) is 49.2 Å². The van der Waals surface area contributed by atoms with Crippen LogP contribution in [0.15, 0.2) is 42.7 Å². The van der Waals surface area contributed by atoms with E-state index in [1.807, 2.05) is 19.1 Å². The van der Waals surface area contributed by atoms with Crippen molar-refractivity contribution in [2.24, 2.45) is 0 Å². The van der Waals surface area contributed by atoms with Crippen LogP contribution < -0.4 is 5.32 Å². The molecule has 3 aromatic rings. The second-order valence-electron chi connectivity index (χ2n) is 7.94. The minimum absolute atomic E-state index is 0. The molecule has 0 aliphatic carbocycles. The maximum Gasteiger partial charge on any atom is 0.246 e. The number of aryl methyl sites for hydroxylation is 1. The third kappa shape index (κ3) is 4.43. The van der Waals surface area contributed by atoms with Gasteiger partial charge in [-0.2, -0.15) is 4.98 Å². The summed E-state index contributed by atoms with van der Waals surface area (Å²) in [5.74, 6) is -1.00. The fourth-order valence-electron chi connectivity index (χ4n) is 3.95. The highest BCUT2D eigenvalue weighted by atomic mass is 19.1. The van der Waals surface area contributed by atoms with Crippen LogP contribution >= 0.6 is 0 Å². The topological polar surface area (TPSA) is 64.4 Å². The first-order valence-electron chi connectivity index (χ1n) is 10.2. The summed E-state index contributed by atoms with van der Waals surface area (Å²) in [7, 11) is 0. The largest absolute Gasteiger partial charge is 0.378 e. The van der Waals surface area contributed by atoms with Crippen LogP contribution in [0.25, 0.3) is 5.69 Å². The van der Waals surface area contributed by atoms with Gasteiger partial charge >= 0.3 is 0 Å². The number of aromatic nitrogens is 3. The number of ether oxygens (including phenoxy) is 2. The summed E-state index contributed by atoms with van der Waals surface area (Å²) in [5.41, 5.74) is 3.25. The molecule has 1 aromatic heterocycles. The smallest absolute Gasteiger partial charge is 0.246 e. The van der Waals surface area contributed by atoms with E-state index in [2.05, 4.69) is 26.4 Å². The predicted octanol–water partition coefficient (Wildman–Crippen LogP) is 3.62. The molecule has 2 aliphatic heterocycles. The van der Waals surface area contributed by atoms with Gasteiger partial charge in [0.15, 0.2) is 0 Å². The Hall–Kier alpha value is -2.88. The third-order valence-electron chi connectivity index (χ3n) is 5.57. The Kier molecular flexibility index (Phi) is 5.39. The SMILES string of the molecule is Cc1cc(Nc2ncn(-c3cc(F)cc(F)c3)n2)cc([C@H]2CN(C3COC3)CCO2)c1.[HH]. The molecule has 0 saturated carbocycles. The summed E-state index contributed by atoms with van der Waals surface area (Å²) in [5, 5.41) is 7.47. The molecule has 0 spiro atoms. The highest BCUT2D eigenvalue weighted by Gasteiger charge is 2.31. The molecule has 7 nitrogen and oxygen atoms in total. The van der Waals surface area contributed by atoms with Crippen LogP contribution in [0.4, 0.5) is 20.4 Å². The van der Waals surface area contributed by atoms with E-state index in [9.17, 15) is 8.78 Å². The quantitative estimate of drug-likeness (QED) is 0.669. The molecule has 2 aliphatic rings. The zero-order chi connectivity index (χ0) is 21.4. The number of halogens is 2. The lowest BCUT2D eigenvalue weighted by atomic mass is 10.0. The Morgan fingerprint density at radius 2 is 1.90 bits per heavy atom. The van der Waals surface area contributed by atoms with Crippen molar-refractivity contribution in [1.29, 1.82) is 0 Å². The molecule has 2 fully saturated rings. The molecule has 164 valence electrons. The van der Waals surface area contributed by atoms with Gasteiger partial charge in [0.25, 0.3) is 0 Å². The van der Waals surface area contributed by atoms with Gasteiger partial charge < -0.3 is 14.8 Å². The Labute approximate surface area is 180 Å². The summed E-state index contributed by atoms with van der Waals surface area (Å²) in [6.45, 7) is 6.04. The van der Waals surface area contributed by atoms with Gasteiger partial charge in [0.2, 0.25) is 5.95 Å². The molecule has 0 unspecified atom stereocenters. The summed E-state index contributed by atoms with van der Waals surface area (Å²) in [6.07, 6.45) is 1.39. The number of anilines is 2. The van der Waals surface area contributed by atoms with Gasteiger partial charge in [-0.25, -0.2) is 13.5 Å². The number of rotatable bonds is 5. The fraction of sp³-hybridized carbons (Fsp3) is 0.364. The van der Waals surface area contributed by atoms with Crippen LogP contribution in [0.3, 0.4) is 0 Å². The number of hydrogen-bond donors (Lipinski definition) is 1. The zero-order valence-electron chi connectivity index (χ0n) is 17.1. The molecule has 2 saturated heterocycles. The van der Waals surface area contributed by atoms with Crippen molar-refractivity contribution in [3.8, 4) is 5.69 Å². The predicted molar refractivity (Wildman–Crippen MR) is 113 cm³/mol. The lowest BCUT2D eigenvalue weighted by Gasteiger charge is -2.42. The van der Waals surface area contributed by atoms with Crippen molar-refractivity contribution < 1.29 is 19.7 Å². The average Bonchev–Trinajstić information content (AvgIpc) is 3.14. The Morgan fingerprint density at radius 1 is 1.10 bits per heavy atom. The molecule has 0 bridgehead atoms. The van der Waals surface area contributed by atoms with Crippen molar-refractivity contribution in [1.82, 2.24) is 19.7 Å². The first kappa shape index (κ1) is 20.0. The molecule has 31 heavy (non-hydrogen) atoms. The summed E-state index contributed by atoms with van der Waals surface area (Å²) in [4.78, 5) is 6.64. The maximum atomic E-state index is 13.5. The monoisotopic (exact) mass is 429 g/mol. The number of morpholine rings is 1. The fourth-order valence-corrected chi connectivity index (χ4v) is 3.95. The van der Waals surface area contributed by atoms with Gasteiger partial charge in [-0.05, 0) is 42.3 Å². The summed E-state index contributed by atoms with van der Waals surface area (Å²) < 4.78 is 39.7. The molecule has 3 heterocycles. The van der Waals surface area contributed by atoms with E-state index in [0.29, 0.717) is 18.6 Å². The van der Waals surface area contributed by atoms with Gasteiger partial charge in [0.1, 0.15) is 18.0 Å². The molecule has 0 amide bonds.